The Morgan fingerprint density at radius 1 is 1.04 bits per heavy atom. The summed E-state index contributed by atoms with van der Waals surface area (Å²) in [6.07, 6.45) is 2.02. The lowest BCUT2D eigenvalue weighted by Gasteiger charge is -2.37. The van der Waals surface area contributed by atoms with Gasteiger partial charge in [0, 0.05) is 35.6 Å². The van der Waals surface area contributed by atoms with E-state index in [9.17, 15) is 9.18 Å². The van der Waals surface area contributed by atoms with Crippen molar-refractivity contribution < 1.29 is 9.18 Å². The van der Waals surface area contributed by atoms with Crippen LogP contribution in [-0.4, -0.2) is 21.9 Å². The molecule has 2 aromatic carbocycles. The van der Waals surface area contributed by atoms with Crippen LogP contribution in [0.25, 0.3) is 0 Å². The van der Waals surface area contributed by atoms with Crippen LogP contribution in [0, 0.1) is 5.82 Å². The molecule has 5 heteroatoms. The SMILES string of the molecule is O=C(c1cccc(F)c1)N1CCn2cccc2C1c1ccc(Cl)cc1. The molecular formula is C20H16ClFN2O. The van der Waals surface area contributed by atoms with Gasteiger partial charge in [0.2, 0.25) is 0 Å². The van der Waals surface area contributed by atoms with Gasteiger partial charge in [-0.25, -0.2) is 4.39 Å². The molecule has 0 aliphatic carbocycles. The predicted octanol–water partition coefficient (Wildman–Crippen LogP) is 4.53. The number of halogens is 2. The maximum absolute atomic E-state index is 13.6. The molecule has 3 nitrogen and oxygen atoms in total. The van der Waals surface area contributed by atoms with Crippen molar-refractivity contribution in [3.63, 3.8) is 0 Å². The molecule has 1 atom stereocenters. The number of benzene rings is 2. The van der Waals surface area contributed by atoms with Crippen LogP contribution in [0.1, 0.15) is 27.7 Å². The van der Waals surface area contributed by atoms with E-state index in [4.69, 9.17) is 11.6 Å². The third kappa shape index (κ3) is 2.94. The number of amides is 1. The fourth-order valence-electron chi connectivity index (χ4n) is 3.39. The molecule has 4 rings (SSSR count). The summed E-state index contributed by atoms with van der Waals surface area (Å²) in [5, 5.41) is 0.651. The van der Waals surface area contributed by atoms with Gasteiger partial charge in [-0.1, -0.05) is 29.8 Å². The van der Waals surface area contributed by atoms with E-state index in [-0.39, 0.29) is 11.9 Å². The van der Waals surface area contributed by atoms with Gasteiger partial charge in [0.15, 0.2) is 0 Å². The van der Waals surface area contributed by atoms with Gasteiger partial charge < -0.3 is 9.47 Å². The number of nitrogens with zero attached hydrogens (tertiary/aromatic N) is 2. The molecule has 2 heterocycles. The quantitative estimate of drug-likeness (QED) is 0.664. The van der Waals surface area contributed by atoms with Gasteiger partial charge in [-0.15, -0.1) is 0 Å². The van der Waals surface area contributed by atoms with E-state index in [0.717, 1.165) is 11.3 Å². The summed E-state index contributed by atoms with van der Waals surface area (Å²) in [6.45, 7) is 1.28. The van der Waals surface area contributed by atoms with Crippen LogP contribution in [0.3, 0.4) is 0 Å². The number of carbonyl (C=O) groups excluding carboxylic acids is 1. The average Bonchev–Trinajstić information content (AvgIpc) is 3.10. The molecule has 25 heavy (non-hydrogen) atoms. The molecule has 3 aromatic rings. The lowest BCUT2D eigenvalue weighted by atomic mass is 9.99. The Morgan fingerprint density at radius 2 is 1.84 bits per heavy atom. The first-order chi connectivity index (χ1) is 12.1. The van der Waals surface area contributed by atoms with Crippen molar-refractivity contribution in [3.8, 4) is 0 Å². The summed E-state index contributed by atoms with van der Waals surface area (Å²) in [6, 6.07) is 17.1. The van der Waals surface area contributed by atoms with Gasteiger partial charge in [-0.2, -0.15) is 0 Å². The number of fused-ring (bicyclic) bond motifs is 1. The molecule has 1 aromatic heterocycles. The molecule has 0 fully saturated rings. The number of carbonyl (C=O) groups is 1. The van der Waals surface area contributed by atoms with Crippen molar-refractivity contribution in [1.29, 1.82) is 0 Å². The lowest BCUT2D eigenvalue weighted by Crippen LogP contribution is -2.42. The first-order valence-electron chi connectivity index (χ1n) is 8.10. The summed E-state index contributed by atoms with van der Waals surface area (Å²) in [5.41, 5.74) is 2.38. The maximum atomic E-state index is 13.6. The normalized spacial score (nSPS) is 16.6. The van der Waals surface area contributed by atoms with Gasteiger partial charge >= 0.3 is 0 Å². The van der Waals surface area contributed by atoms with Crippen molar-refractivity contribution in [2.75, 3.05) is 6.54 Å². The molecule has 0 spiro atoms. The Kier molecular flexibility index (Phi) is 4.06. The Balaban J connectivity index is 1.78. The topological polar surface area (TPSA) is 25.2 Å². The van der Waals surface area contributed by atoms with E-state index >= 15 is 0 Å². The lowest BCUT2D eigenvalue weighted by molar-refractivity contribution is 0.0663. The summed E-state index contributed by atoms with van der Waals surface area (Å²) in [7, 11) is 0. The second-order valence-corrected chi connectivity index (χ2v) is 6.53. The Hall–Kier alpha value is -2.59. The molecule has 1 unspecified atom stereocenters. The second kappa shape index (κ2) is 6.37. The number of hydrogen-bond acceptors (Lipinski definition) is 1. The molecular weight excluding hydrogens is 339 g/mol. The monoisotopic (exact) mass is 354 g/mol. The van der Waals surface area contributed by atoms with Crippen LogP contribution in [0.15, 0.2) is 66.9 Å². The zero-order valence-electron chi connectivity index (χ0n) is 13.4. The standard InChI is InChI=1S/C20H16ClFN2O/c21-16-8-6-14(7-9-16)19-18-5-2-10-23(18)11-12-24(19)20(25)15-3-1-4-17(22)13-15/h1-10,13,19H,11-12H2. The molecule has 0 saturated heterocycles. The highest BCUT2D eigenvalue weighted by atomic mass is 35.5. The first-order valence-corrected chi connectivity index (χ1v) is 8.48. The third-order valence-corrected chi connectivity index (χ3v) is 4.81. The van der Waals surface area contributed by atoms with Crippen LogP contribution in [-0.2, 0) is 6.54 Å². The fraction of sp³-hybridized carbons (Fsp3) is 0.150. The number of rotatable bonds is 2. The van der Waals surface area contributed by atoms with E-state index in [0.29, 0.717) is 23.7 Å². The molecule has 1 amide bonds. The van der Waals surface area contributed by atoms with Crippen LogP contribution in [0.5, 0.6) is 0 Å². The minimum absolute atomic E-state index is 0.174. The minimum Gasteiger partial charge on any atom is -0.348 e. The van der Waals surface area contributed by atoms with E-state index in [1.807, 2.05) is 42.6 Å². The van der Waals surface area contributed by atoms with Gasteiger partial charge in [0.05, 0.1) is 6.04 Å². The molecule has 0 bridgehead atoms. The molecule has 126 valence electrons. The van der Waals surface area contributed by atoms with Gasteiger partial charge in [0.1, 0.15) is 5.82 Å². The Labute approximate surface area is 150 Å². The summed E-state index contributed by atoms with van der Waals surface area (Å²) in [4.78, 5) is 14.9. The van der Waals surface area contributed by atoms with E-state index in [2.05, 4.69) is 4.57 Å². The first kappa shape index (κ1) is 15.9. The van der Waals surface area contributed by atoms with Gasteiger partial charge in [-0.3, -0.25) is 4.79 Å². The molecule has 0 saturated carbocycles. The fourth-order valence-corrected chi connectivity index (χ4v) is 3.51. The molecule has 0 radical (unpaired) electrons. The molecule has 0 N–H and O–H groups in total. The Morgan fingerprint density at radius 3 is 2.60 bits per heavy atom. The molecule has 1 aliphatic rings. The largest absolute Gasteiger partial charge is 0.348 e. The van der Waals surface area contributed by atoms with Crippen molar-refractivity contribution in [2.24, 2.45) is 0 Å². The zero-order chi connectivity index (χ0) is 17.4. The van der Waals surface area contributed by atoms with Crippen LogP contribution >= 0.6 is 11.6 Å². The highest BCUT2D eigenvalue weighted by Gasteiger charge is 2.32. The second-order valence-electron chi connectivity index (χ2n) is 6.09. The zero-order valence-corrected chi connectivity index (χ0v) is 14.2. The van der Waals surface area contributed by atoms with Crippen molar-refractivity contribution in [1.82, 2.24) is 9.47 Å². The average molecular weight is 355 g/mol. The summed E-state index contributed by atoms with van der Waals surface area (Å²) in [5.74, 6) is -0.582. The number of hydrogen-bond donors (Lipinski definition) is 0. The van der Waals surface area contributed by atoms with Crippen LogP contribution in [0.4, 0.5) is 4.39 Å². The highest BCUT2D eigenvalue weighted by molar-refractivity contribution is 6.30. The van der Waals surface area contributed by atoms with E-state index < -0.39 is 5.82 Å². The van der Waals surface area contributed by atoms with E-state index in [1.165, 1.54) is 12.1 Å². The highest BCUT2D eigenvalue weighted by Crippen LogP contribution is 2.34. The van der Waals surface area contributed by atoms with Crippen LogP contribution in [0.2, 0.25) is 5.02 Å². The van der Waals surface area contributed by atoms with Crippen LogP contribution < -0.4 is 0 Å². The third-order valence-electron chi connectivity index (χ3n) is 4.56. The Bertz CT molecular complexity index is 919. The van der Waals surface area contributed by atoms with E-state index in [1.54, 1.807) is 17.0 Å². The predicted molar refractivity (Wildman–Crippen MR) is 95.2 cm³/mol. The molecule has 1 aliphatic heterocycles. The van der Waals surface area contributed by atoms with Crippen molar-refractivity contribution >= 4 is 17.5 Å². The minimum atomic E-state index is -0.408. The summed E-state index contributed by atoms with van der Waals surface area (Å²) >= 11 is 6.01. The van der Waals surface area contributed by atoms with Gasteiger partial charge in [0.25, 0.3) is 5.91 Å². The number of aromatic nitrogens is 1. The smallest absolute Gasteiger partial charge is 0.254 e. The van der Waals surface area contributed by atoms with Crippen molar-refractivity contribution in [2.45, 2.75) is 12.6 Å². The maximum Gasteiger partial charge on any atom is 0.254 e. The van der Waals surface area contributed by atoms with Crippen molar-refractivity contribution in [3.05, 3.63) is 94.5 Å². The summed E-state index contributed by atoms with van der Waals surface area (Å²) < 4.78 is 15.7. The van der Waals surface area contributed by atoms with Gasteiger partial charge in [-0.05, 0) is 48.0 Å².